The number of ether oxygens (including phenoxy) is 1. The predicted molar refractivity (Wildman–Crippen MR) is 64.6 cm³/mol. The molecule has 1 aromatic carbocycles. The number of hydrogen-bond donors (Lipinski definition) is 2. The lowest BCUT2D eigenvalue weighted by Gasteiger charge is -2.07. The third kappa shape index (κ3) is 2.47. The summed E-state index contributed by atoms with van der Waals surface area (Å²) in [5.74, 6) is -0.579. The van der Waals surface area contributed by atoms with Gasteiger partial charge in [0.15, 0.2) is 6.10 Å². The number of fused-ring (bicyclic) bond motifs is 1. The predicted octanol–water partition coefficient (Wildman–Crippen LogP) is 1.63. The van der Waals surface area contributed by atoms with Crippen molar-refractivity contribution in [2.24, 2.45) is 0 Å². The van der Waals surface area contributed by atoms with Crippen molar-refractivity contribution < 1.29 is 14.6 Å². The number of aliphatic hydroxyl groups is 1. The van der Waals surface area contributed by atoms with Gasteiger partial charge < -0.3 is 14.8 Å². The number of esters is 1. The number of nitrogens with one attached hydrogen (secondary N) is 1. The molecule has 2 aromatic rings. The van der Waals surface area contributed by atoms with Gasteiger partial charge >= 0.3 is 5.97 Å². The molecule has 0 saturated carbocycles. The molecule has 0 aliphatic rings. The summed E-state index contributed by atoms with van der Waals surface area (Å²) < 4.78 is 4.47. The van der Waals surface area contributed by atoms with E-state index in [9.17, 15) is 9.90 Å². The van der Waals surface area contributed by atoms with E-state index in [0.717, 1.165) is 16.5 Å². The quantitative estimate of drug-likeness (QED) is 0.789. The Morgan fingerprint density at radius 3 is 3.00 bits per heavy atom. The van der Waals surface area contributed by atoms with Gasteiger partial charge in [0.2, 0.25) is 0 Å². The van der Waals surface area contributed by atoms with E-state index in [-0.39, 0.29) is 0 Å². The van der Waals surface area contributed by atoms with Crippen molar-refractivity contribution in [1.82, 2.24) is 4.98 Å². The number of carbonyl (C=O) groups is 1. The molecule has 0 fully saturated rings. The summed E-state index contributed by atoms with van der Waals surface area (Å²) in [5, 5.41) is 10.6. The molecule has 2 N–H and O–H groups in total. The number of hydrogen-bond acceptors (Lipinski definition) is 3. The molecule has 1 unspecified atom stereocenters. The molecule has 2 rings (SSSR count). The molecule has 1 heterocycles. The fraction of sp³-hybridized carbons (Fsp3) is 0.308. The van der Waals surface area contributed by atoms with Gasteiger partial charge in [0.05, 0.1) is 7.11 Å². The summed E-state index contributed by atoms with van der Waals surface area (Å²) in [7, 11) is 1.28. The molecular weight excluding hydrogens is 218 g/mol. The highest BCUT2D eigenvalue weighted by Gasteiger charge is 2.15. The van der Waals surface area contributed by atoms with Crippen LogP contribution in [0, 0.1) is 0 Å². The number of benzene rings is 1. The van der Waals surface area contributed by atoms with Crippen LogP contribution in [0.3, 0.4) is 0 Å². The van der Waals surface area contributed by atoms with E-state index in [1.165, 1.54) is 7.11 Å². The van der Waals surface area contributed by atoms with Crippen molar-refractivity contribution in [3.05, 3.63) is 36.0 Å². The number of rotatable bonds is 4. The normalized spacial score (nSPS) is 12.6. The molecular formula is C13H15NO3. The first-order valence-corrected chi connectivity index (χ1v) is 5.53. The zero-order chi connectivity index (χ0) is 12.3. The number of methoxy groups -OCH3 is 1. The molecule has 90 valence electrons. The van der Waals surface area contributed by atoms with Gasteiger partial charge in [-0.3, -0.25) is 0 Å². The first-order valence-electron chi connectivity index (χ1n) is 5.53. The number of para-hydroxylation sites is 1. The highest BCUT2D eigenvalue weighted by atomic mass is 16.5. The van der Waals surface area contributed by atoms with Crippen LogP contribution >= 0.6 is 0 Å². The Hall–Kier alpha value is -1.81. The van der Waals surface area contributed by atoms with Gasteiger partial charge in [-0.1, -0.05) is 18.2 Å². The van der Waals surface area contributed by atoms with Crippen molar-refractivity contribution in [2.45, 2.75) is 18.9 Å². The molecule has 0 aliphatic heterocycles. The first kappa shape index (κ1) is 11.7. The molecule has 0 saturated heterocycles. The number of aromatic amines is 1. The van der Waals surface area contributed by atoms with Crippen LogP contribution in [0.15, 0.2) is 30.5 Å². The number of carbonyl (C=O) groups excluding carboxylic acids is 1. The zero-order valence-corrected chi connectivity index (χ0v) is 9.64. The van der Waals surface area contributed by atoms with Crippen LogP contribution in [0.1, 0.15) is 12.0 Å². The maximum atomic E-state index is 11.1. The van der Waals surface area contributed by atoms with E-state index in [1.807, 2.05) is 30.5 Å². The van der Waals surface area contributed by atoms with Gasteiger partial charge in [-0.15, -0.1) is 0 Å². The highest BCUT2D eigenvalue weighted by molar-refractivity contribution is 5.83. The minimum atomic E-state index is -1.05. The van der Waals surface area contributed by atoms with Crippen LogP contribution in [-0.2, 0) is 16.0 Å². The monoisotopic (exact) mass is 233 g/mol. The molecule has 17 heavy (non-hydrogen) atoms. The van der Waals surface area contributed by atoms with E-state index in [0.29, 0.717) is 12.8 Å². The standard InChI is InChI=1S/C13H15NO3/c1-17-13(16)12(15)7-6-9-8-14-11-5-3-2-4-10(9)11/h2-5,8,12,14-15H,6-7H2,1H3. The van der Waals surface area contributed by atoms with Crippen molar-refractivity contribution in [3.63, 3.8) is 0 Å². The van der Waals surface area contributed by atoms with E-state index < -0.39 is 12.1 Å². The van der Waals surface area contributed by atoms with Gasteiger partial charge in [0.25, 0.3) is 0 Å². The fourth-order valence-electron chi connectivity index (χ4n) is 1.88. The minimum absolute atomic E-state index is 0.370. The van der Waals surface area contributed by atoms with Crippen molar-refractivity contribution in [3.8, 4) is 0 Å². The van der Waals surface area contributed by atoms with Crippen LogP contribution in [-0.4, -0.2) is 29.3 Å². The summed E-state index contributed by atoms with van der Waals surface area (Å²) in [6.07, 6.45) is 1.87. The summed E-state index contributed by atoms with van der Waals surface area (Å²) >= 11 is 0. The van der Waals surface area contributed by atoms with E-state index in [1.54, 1.807) is 0 Å². The second kappa shape index (κ2) is 5.01. The van der Waals surface area contributed by atoms with Gasteiger partial charge in [-0.05, 0) is 24.5 Å². The van der Waals surface area contributed by atoms with Crippen molar-refractivity contribution in [1.29, 1.82) is 0 Å². The number of aliphatic hydroxyl groups excluding tert-OH is 1. The SMILES string of the molecule is COC(=O)C(O)CCc1c[nH]c2ccccc12. The minimum Gasteiger partial charge on any atom is -0.467 e. The van der Waals surface area contributed by atoms with E-state index in [2.05, 4.69) is 9.72 Å². The zero-order valence-electron chi connectivity index (χ0n) is 9.64. The topological polar surface area (TPSA) is 62.3 Å². The number of H-pyrrole nitrogens is 1. The molecule has 1 atom stereocenters. The van der Waals surface area contributed by atoms with Crippen molar-refractivity contribution in [2.75, 3.05) is 7.11 Å². The lowest BCUT2D eigenvalue weighted by Crippen LogP contribution is -2.22. The number of aryl methyl sites for hydroxylation is 1. The maximum Gasteiger partial charge on any atom is 0.334 e. The Morgan fingerprint density at radius 1 is 1.47 bits per heavy atom. The molecule has 1 aromatic heterocycles. The molecule has 0 aliphatic carbocycles. The van der Waals surface area contributed by atoms with E-state index in [4.69, 9.17) is 0 Å². The van der Waals surface area contributed by atoms with Crippen LogP contribution < -0.4 is 0 Å². The summed E-state index contributed by atoms with van der Waals surface area (Å²) in [5.41, 5.74) is 2.17. The van der Waals surface area contributed by atoms with Gasteiger partial charge in [0, 0.05) is 17.1 Å². The third-order valence-electron chi connectivity index (χ3n) is 2.84. The third-order valence-corrected chi connectivity index (χ3v) is 2.84. The number of aromatic nitrogens is 1. The lowest BCUT2D eigenvalue weighted by atomic mass is 10.1. The largest absolute Gasteiger partial charge is 0.467 e. The van der Waals surface area contributed by atoms with E-state index >= 15 is 0 Å². The smallest absolute Gasteiger partial charge is 0.334 e. The Bertz CT molecular complexity index is 518. The van der Waals surface area contributed by atoms with Crippen LogP contribution in [0.25, 0.3) is 10.9 Å². The highest BCUT2D eigenvalue weighted by Crippen LogP contribution is 2.19. The van der Waals surface area contributed by atoms with Gasteiger partial charge in [-0.2, -0.15) is 0 Å². The Labute approximate surface area is 99.2 Å². The average Bonchev–Trinajstić information content (AvgIpc) is 2.78. The second-order valence-electron chi connectivity index (χ2n) is 3.94. The molecule has 0 radical (unpaired) electrons. The maximum absolute atomic E-state index is 11.1. The average molecular weight is 233 g/mol. The van der Waals surface area contributed by atoms with Crippen LogP contribution in [0.5, 0.6) is 0 Å². The molecule has 0 bridgehead atoms. The Balaban J connectivity index is 2.07. The van der Waals surface area contributed by atoms with Crippen LogP contribution in [0.2, 0.25) is 0 Å². The van der Waals surface area contributed by atoms with Crippen LogP contribution in [0.4, 0.5) is 0 Å². The summed E-state index contributed by atoms with van der Waals surface area (Å²) in [6.45, 7) is 0. The van der Waals surface area contributed by atoms with Crippen molar-refractivity contribution >= 4 is 16.9 Å². The summed E-state index contributed by atoms with van der Waals surface area (Å²) in [4.78, 5) is 14.2. The van der Waals surface area contributed by atoms with Gasteiger partial charge in [0.1, 0.15) is 0 Å². The molecule has 0 amide bonds. The molecule has 4 nitrogen and oxygen atoms in total. The Kier molecular flexibility index (Phi) is 3.44. The van der Waals surface area contributed by atoms with Gasteiger partial charge in [-0.25, -0.2) is 4.79 Å². The Morgan fingerprint density at radius 2 is 2.24 bits per heavy atom. The molecule has 0 spiro atoms. The second-order valence-corrected chi connectivity index (χ2v) is 3.94. The first-order chi connectivity index (χ1) is 8.22. The fourth-order valence-corrected chi connectivity index (χ4v) is 1.88. The lowest BCUT2D eigenvalue weighted by molar-refractivity contribution is -0.150. The summed E-state index contributed by atoms with van der Waals surface area (Å²) in [6, 6.07) is 7.95. The molecule has 4 heteroatoms.